The summed E-state index contributed by atoms with van der Waals surface area (Å²) >= 11 is 0. The number of nitrogens with one attached hydrogen (secondary N) is 1. The topological polar surface area (TPSA) is 54.5 Å². The van der Waals surface area contributed by atoms with Crippen LogP contribution >= 0.6 is 0 Å². The molecule has 1 aromatic rings. The van der Waals surface area contributed by atoms with E-state index in [1.807, 2.05) is 12.3 Å². The molecule has 188 valence electrons. The molecule has 0 amide bonds. The van der Waals surface area contributed by atoms with Gasteiger partial charge in [-0.15, -0.1) is 0 Å². The lowest BCUT2D eigenvalue weighted by Crippen LogP contribution is -2.31. The van der Waals surface area contributed by atoms with Crippen LogP contribution in [-0.2, 0) is 16.0 Å². The van der Waals surface area contributed by atoms with Gasteiger partial charge in [0.1, 0.15) is 6.10 Å². The lowest BCUT2D eigenvalue weighted by molar-refractivity contribution is -0.185. The summed E-state index contributed by atoms with van der Waals surface area (Å²) in [5.74, 6) is -0.720. The number of halogens is 3. The van der Waals surface area contributed by atoms with E-state index in [9.17, 15) is 18.0 Å². The number of rotatable bonds is 9. The van der Waals surface area contributed by atoms with Crippen molar-refractivity contribution in [2.45, 2.75) is 85.4 Å². The molecule has 1 heterocycles. The SMILES string of the molecule is C=C(C)N=C(/C=C(/c1c[nH]c(/C=C\C(C)=O)c1CC)C(C)CC)OC1CCC(C(F)(F)F)CC1. The van der Waals surface area contributed by atoms with Gasteiger partial charge in [0.15, 0.2) is 5.78 Å². The molecule has 4 nitrogen and oxygen atoms in total. The highest BCUT2D eigenvalue weighted by atomic mass is 19.4. The number of aromatic nitrogens is 1. The quantitative estimate of drug-likeness (QED) is 0.225. The predicted octanol–water partition coefficient (Wildman–Crippen LogP) is 7.68. The summed E-state index contributed by atoms with van der Waals surface area (Å²) in [4.78, 5) is 19.2. The Morgan fingerprint density at radius 2 is 1.91 bits per heavy atom. The Hall–Kier alpha value is -2.57. The molecule has 0 bridgehead atoms. The predicted molar refractivity (Wildman–Crippen MR) is 132 cm³/mol. The fraction of sp³-hybridized carbons (Fsp3) is 0.556. The Balaban J connectivity index is 2.39. The summed E-state index contributed by atoms with van der Waals surface area (Å²) in [7, 11) is 0. The van der Waals surface area contributed by atoms with Gasteiger partial charge >= 0.3 is 6.18 Å². The molecule has 1 atom stereocenters. The average molecular weight is 479 g/mol. The van der Waals surface area contributed by atoms with Crippen molar-refractivity contribution < 1.29 is 22.7 Å². The molecule has 34 heavy (non-hydrogen) atoms. The van der Waals surface area contributed by atoms with E-state index in [4.69, 9.17) is 4.74 Å². The first-order valence-electron chi connectivity index (χ1n) is 12.0. The van der Waals surface area contributed by atoms with Gasteiger partial charge in [-0.05, 0) is 87.1 Å². The molecule has 0 aromatic carbocycles. The van der Waals surface area contributed by atoms with Gasteiger partial charge in [0, 0.05) is 23.7 Å². The van der Waals surface area contributed by atoms with Crippen LogP contribution < -0.4 is 0 Å². The third-order valence-corrected chi connectivity index (χ3v) is 6.32. The highest BCUT2D eigenvalue weighted by Gasteiger charge is 2.41. The van der Waals surface area contributed by atoms with Crippen LogP contribution in [0.1, 0.15) is 83.5 Å². The lowest BCUT2D eigenvalue weighted by Gasteiger charge is -2.30. The van der Waals surface area contributed by atoms with Gasteiger partial charge in [-0.1, -0.05) is 27.4 Å². The van der Waals surface area contributed by atoms with Crippen molar-refractivity contribution in [3.63, 3.8) is 0 Å². The van der Waals surface area contributed by atoms with Crippen molar-refractivity contribution in [3.05, 3.63) is 47.4 Å². The normalized spacial score (nSPS) is 21.1. The monoisotopic (exact) mass is 478 g/mol. The van der Waals surface area contributed by atoms with Gasteiger partial charge in [-0.25, -0.2) is 4.99 Å². The number of ether oxygens (including phenoxy) is 1. The Morgan fingerprint density at radius 3 is 2.41 bits per heavy atom. The maximum absolute atomic E-state index is 13.1. The second-order valence-corrected chi connectivity index (χ2v) is 9.12. The van der Waals surface area contributed by atoms with E-state index in [2.05, 4.69) is 37.3 Å². The minimum absolute atomic E-state index is 0.0274. The van der Waals surface area contributed by atoms with Crippen molar-refractivity contribution in [1.82, 2.24) is 4.98 Å². The van der Waals surface area contributed by atoms with Crippen LogP contribution in [0.3, 0.4) is 0 Å². The van der Waals surface area contributed by atoms with E-state index >= 15 is 0 Å². The maximum atomic E-state index is 13.1. The number of allylic oxidation sites excluding steroid dienone is 3. The summed E-state index contributed by atoms with van der Waals surface area (Å²) in [6, 6.07) is 0. The molecule has 7 heteroatoms. The number of alkyl halides is 3. The number of carbonyl (C=O) groups is 1. The zero-order chi connectivity index (χ0) is 25.5. The third kappa shape index (κ3) is 7.74. The number of nitrogens with zero attached hydrogens (tertiary/aromatic N) is 1. The largest absolute Gasteiger partial charge is 0.474 e. The second-order valence-electron chi connectivity index (χ2n) is 9.12. The summed E-state index contributed by atoms with van der Waals surface area (Å²) < 4.78 is 45.3. The number of aliphatic imine (C=N–C) groups is 1. The van der Waals surface area contributed by atoms with Crippen LogP contribution in [0.4, 0.5) is 13.2 Å². The Kier molecular flexibility index (Phi) is 9.95. The van der Waals surface area contributed by atoms with Gasteiger partial charge in [0.2, 0.25) is 5.90 Å². The number of ketones is 1. The lowest BCUT2D eigenvalue weighted by atomic mass is 9.87. The minimum atomic E-state index is -4.15. The number of carbonyl (C=O) groups excluding carboxylic acids is 1. The molecule has 0 spiro atoms. The van der Waals surface area contributed by atoms with Crippen LogP contribution in [0.15, 0.2) is 35.6 Å². The molecule has 1 fully saturated rings. The minimum Gasteiger partial charge on any atom is -0.474 e. The van der Waals surface area contributed by atoms with Crippen molar-refractivity contribution in [2.75, 3.05) is 0 Å². The number of hydrogen-bond acceptors (Lipinski definition) is 3. The van der Waals surface area contributed by atoms with E-state index in [1.54, 1.807) is 13.0 Å². The molecular weight excluding hydrogens is 441 g/mol. The zero-order valence-corrected chi connectivity index (χ0v) is 20.9. The first-order chi connectivity index (χ1) is 16.0. The molecular formula is C27H37F3N2O2. The number of hydrogen-bond donors (Lipinski definition) is 1. The molecule has 0 aliphatic heterocycles. The molecule has 0 saturated heterocycles. The smallest absolute Gasteiger partial charge is 0.391 e. The van der Waals surface area contributed by atoms with Crippen molar-refractivity contribution in [3.8, 4) is 0 Å². The molecule has 0 radical (unpaired) electrons. The van der Waals surface area contributed by atoms with Crippen LogP contribution in [0.5, 0.6) is 0 Å². The van der Waals surface area contributed by atoms with E-state index in [1.165, 1.54) is 13.0 Å². The van der Waals surface area contributed by atoms with Gasteiger partial charge in [-0.3, -0.25) is 4.79 Å². The molecule has 1 aromatic heterocycles. The van der Waals surface area contributed by atoms with Crippen LogP contribution in [0, 0.1) is 11.8 Å². The summed E-state index contributed by atoms with van der Waals surface area (Å²) in [6.45, 7) is 13.4. The van der Waals surface area contributed by atoms with Crippen LogP contribution in [-0.4, -0.2) is 28.9 Å². The van der Waals surface area contributed by atoms with Gasteiger partial charge in [-0.2, -0.15) is 13.2 Å². The van der Waals surface area contributed by atoms with E-state index in [-0.39, 0.29) is 30.6 Å². The van der Waals surface area contributed by atoms with E-state index < -0.39 is 12.1 Å². The first-order valence-corrected chi connectivity index (χ1v) is 12.0. The molecule has 2 rings (SSSR count). The third-order valence-electron chi connectivity index (χ3n) is 6.32. The summed E-state index contributed by atoms with van der Waals surface area (Å²) in [6.07, 6.45) is 5.18. The highest BCUT2D eigenvalue weighted by Crippen LogP contribution is 2.38. The van der Waals surface area contributed by atoms with Crippen molar-refractivity contribution in [2.24, 2.45) is 16.8 Å². The van der Waals surface area contributed by atoms with E-state index in [0.717, 1.165) is 35.2 Å². The second kappa shape index (κ2) is 12.2. The molecule has 1 saturated carbocycles. The molecule has 1 unspecified atom stereocenters. The van der Waals surface area contributed by atoms with Gasteiger partial charge < -0.3 is 9.72 Å². The fourth-order valence-electron chi connectivity index (χ4n) is 4.26. The molecule has 1 N–H and O–H groups in total. The number of aromatic amines is 1. The van der Waals surface area contributed by atoms with Crippen LogP contribution in [0.2, 0.25) is 0 Å². The molecule has 1 aliphatic carbocycles. The first kappa shape index (κ1) is 27.7. The van der Waals surface area contributed by atoms with Crippen LogP contribution in [0.25, 0.3) is 11.6 Å². The highest BCUT2D eigenvalue weighted by molar-refractivity contribution is 5.97. The Bertz CT molecular complexity index is 946. The number of H-pyrrole nitrogens is 1. The summed E-state index contributed by atoms with van der Waals surface area (Å²) in [5, 5.41) is 0. The molecule has 1 aliphatic rings. The standard InChI is InChI=1S/C27H37F3N2O2/c1-7-18(5)23(24-16-31-25(22(24)8-2)14-9-19(6)33)15-26(32-17(3)4)34-21-12-10-20(11-13-21)27(28,29)30/h9,14-16,18,20-21,31H,3,7-8,10-13H2,1-2,4-6H3/b14-9-,23-15+,32-26?. The summed E-state index contributed by atoms with van der Waals surface area (Å²) in [5.41, 5.74) is 4.59. The van der Waals surface area contributed by atoms with Gasteiger partial charge in [0.25, 0.3) is 0 Å². The average Bonchev–Trinajstić information content (AvgIpc) is 3.17. The van der Waals surface area contributed by atoms with Crippen molar-refractivity contribution >= 4 is 23.3 Å². The van der Waals surface area contributed by atoms with Gasteiger partial charge in [0.05, 0.1) is 5.92 Å². The Labute approximate surface area is 201 Å². The Morgan fingerprint density at radius 1 is 1.26 bits per heavy atom. The van der Waals surface area contributed by atoms with E-state index in [0.29, 0.717) is 24.4 Å². The zero-order valence-electron chi connectivity index (χ0n) is 20.9. The fourth-order valence-corrected chi connectivity index (χ4v) is 4.26. The van der Waals surface area contributed by atoms with Crippen molar-refractivity contribution in [1.29, 1.82) is 0 Å². The maximum Gasteiger partial charge on any atom is 0.391 e.